The Labute approximate surface area is 624 Å². The van der Waals surface area contributed by atoms with Crippen LogP contribution in [0, 0.1) is 0 Å². The average Bonchev–Trinajstić information content (AvgIpc) is 1.55. The maximum Gasteiger partial charge on any atom is 0.0622 e. The van der Waals surface area contributed by atoms with Crippen LogP contribution in [0.15, 0.2) is 393 Å². The summed E-state index contributed by atoms with van der Waals surface area (Å²) in [5.74, 6) is 0. The second kappa shape index (κ2) is 24.9. The van der Waals surface area contributed by atoms with Crippen LogP contribution in [0.4, 0.5) is 28.4 Å². The van der Waals surface area contributed by atoms with Gasteiger partial charge in [-0.1, -0.05) is 237 Å². The van der Waals surface area contributed by atoms with E-state index in [4.69, 9.17) is 0 Å². The van der Waals surface area contributed by atoms with Gasteiger partial charge in [0.05, 0.1) is 55.2 Å². The van der Waals surface area contributed by atoms with Crippen molar-refractivity contribution in [1.29, 1.82) is 0 Å². The molecule has 0 unspecified atom stereocenters. The summed E-state index contributed by atoms with van der Waals surface area (Å²) in [6, 6.07) is 127. The largest absolute Gasteiger partial charge is 0.314 e. The van der Waals surface area contributed by atoms with Crippen molar-refractivity contribution in [3.63, 3.8) is 0 Å². The van der Waals surface area contributed by atoms with Gasteiger partial charge in [0.15, 0.2) is 0 Å². The van der Waals surface area contributed by atoms with Crippen molar-refractivity contribution in [3.8, 4) is 33.6 Å². The predicted octanol–water partition coefficient (Wildman–Crippen LogP) is 27.7. The summed E-state index contributed by atoms with van der Waals surface area (Å²) in [6.07, 6.45) is 15.8. The van der Waals surface area contributed by atoms with Gasteiger partial charge in [0.25, 0.3) is 0 Å². The highest BCUT2D eigenvalue weighted by Gasteiger charge is 2.27. The molecule has 0 saturated heterocycles. The van der Waals surface area contributed by atoms with Crippen molar-refractivity contribution < 1.29 is 0 Å². The topological polar surface area (TPSA) is 25.2 Å². The zero-order chi connectivity index (χ0) is 70.9. The van der Waals surface area contributed by atoms with E-state index in [0.29, 0.717) is 0 Å². The number of para-hydroxylation sites is 8. The number of anilines is 5. The first-order chi connectivity index (χ1) is 53.6. The van der Waals surface area contributed by atoms with E-state index in [2.05, 4.69) is 404 Å². The Kier molecular flexibility index (Phi) is 14.2. The molecule has 6 heteroatoms. The summed E-state index contributed by atoms with van der Waals surface area (Å²) < 4.78 is 9.70. The second-order valence-electron chi connectivity index (χ2n) is 29.0. The number of rotatable bonds is 11. The minimum absolute atomic E-state index is 0.979. The van der Waals surface area contributed by atoms with Gasteiger partial charge >= 0.3 is 0 Å². The van der Waals surface area contributed by atoms with Crippen molar-refractivity contribution >= 4 is 148 Å². The van der Waals surface area contributed by atoms with E-state index in [1.54, 1.807) is 0 Å². The third kappa shape index (κ3) is 9.73. The third-order valence-electron chi connectivity index (χ3n) is 23.1. The molecule has 23 rings (SSSR count). The fourth-order valence-corrected chi connectivity index (χ4v) is 18.2. The van der Waals surface area contributed by atoms with Gasteiger partial charge in [0.1, 0.15) is 0 Å². The number of fused-ring (bicyclic) bond motifs is 18. The molecule has 0 fully saturated rings. The molecule has 2 aliphatic rings. The van der Waals surface area contributed by atoms with Crippen LogP contribution in [0.3, 0.4) is 0 Å². The van der Waals surface area contributed by atoms with Crippen LogP contribution in [0.25, 0.3) is 153 Å². The Bertz CT molecular complexity index is 6990. The van der Waals surface area contributed by atoms with Crippen molar-refractivity contribution in [2.75, 3.05) is 9.80 Å². The maximum absolute atomic E-state index is 2.51. The Balaban J connectivity index is 0.000000135. The average molecular weight is 1380 g/mol. The number of hydrogen-bond donors (Lipinski definition) is 0. The smallest absolute Gasteiger partial charge is 0.0622 e. The molecular weight excluding hydrogens is 1310 g/mol. The minimum atomic E-state index is 0.979. The highest BCUT2D eigenvalue weighted by atomic mass is 15.2. The van der Waals surface area contributed by atoms with Gasteiger partial charge in [-0.25, -0.2) is 0 Å². The van der Waals surface area contributed by atoms with Crippen LogP contribution in [0.2, 0.25) is 0 Å². The Morgan fingerprint density at radius 2 is 0.528 bits per heavy atom. The Morgan fingerprint density at radius 1 is 0.222 bits per heavy atom. The molecular formula is C102H70N6. The van der Waals surface area contributed by atoms with Gasteiger partial charge in [-0.15, -0.1) is 0 Å². The fraction of sp³-hybridized carbons (Fsp3) is 0.0392. The van der Waals surface area contributed by atoms with E-state index in [9.17, 15) is 0 Å². The quantitative estimate of drug-likeness (QED) is 0.129. The van der Waals surface area contributed by atoms with Gasteiger partial charge in [-0.3, -0.25) is 0 Å². The number of benzene rings is 15. The Hall–Kier alpha value is -13.9. The van der Waals surface area contributed by atoms with Gasteiger partial charge in [-0.05, 0) is 199 Å². The lowest BCUT2D eigenvalue weighted by molar-refractivity contribution is 0.851. The first-order valence-electron chi connectivity index (χ1n) is 37.7. The molecule has 0 atom stereocenters. The lowest BCUT2D eigenvalue weighted by Gasteiger charge is -2.31. The van der Waals surface area contributed by atoms with Crippen molar-refractivity contribution in [1.82, 2.24) is 17.9 Å². The van der Waals surface area contributed by atoms with Crippen LogP contribution >= 0.6 is 0 Å². The molecule has 2 aliphatic carbocycles. The molecule has 15 aromatic carbocycles. The fourth-order valence-electron chi connectivity index (χ4n) is 18.2. The molecule has 0 saturated carbocycles. The summed E-state index contributed by atoms with van der Waals surface area (Å²) in [5.41, 5.74) is 29.5. The molecule has 0 N–H and O–H groups in total. The van der Waals surface area contributed by atoms with E-state index in [-0.39, 0.29) is 0 Å². The highest BCUT2D eigenvalue weighted by Crippen LogP contribution is 2.49. The van der Waals surface area contributed by atoms with E-state index in [0.717, 1.165) is 48.4 Å². The molecule has 0 aliphatic heterocycles. The normalized spacial score (nSPS) is 13.4. The number of hydrogen-bond acceptors (Lipinski definition) is 2. The molecule has 6 heterocycles. The lowest BCUT2D eigenvalue weighted by Crippen LogP contribution is -2.18. The van der Waals surface area contributed by atoms with Crippen LogP contribution in [-0.4, -0.2) is 17.9 Å². The zero-order valence-corrected chi connectivity index (χ0v) is 59.3. The third-order valence-corrected chi connectivity index (χ3v) is 23.1. The molecule has 21 aromatic rings. The van der Waals surface area contributed by atoms with E-state index in [1.165, 1.54) is 176 Å². The van der Waals surface area contributed by atoms with E-state index >= 15 is 0 Å². The summed E-state index contributed by atoms with van der Waals surface area (Å²) >= 11 is 0. The standard InChI is InChI=1S/C54H35N3.C48H35N3/c1-2-12-36(13-3-1)37-22-24-38(25-23-37)39-26-28-40(29-27-39)55(41-30-32-42(33-31-41)56-50-18-8-4-14-44(50)45-15-5-9-19-51(45)56)43-34-48-46-16-6-10-20-52(46)57-53-21-11-7-17-47(53)49(35-43)54(48)57;1-2-12-32(13-3-1)33-22-24-34(25-23-33)49(35-26-28-36(29-27-35)50-44-18-8-4-14-38(44)39-15-5-9-19-45(39)50)37-30-42-40-16-6-10-20-46(40)51-47-21-11-7-17-41(47)43(31-37)48(42)51/h1-35H;1-2,4-12,14-22,24,26-31H,3,13,23,25H2. The number of allylic oxidation sites excluding steroid dienone is 8. The van der Waals surface area contributed by atoms with Crippen molar-refractivity contribution in [2.24, 2.45) is 0 Å². The number of aromatic nitrogens is 4. The van der Waals surface area contributed by atoms with E-state index in [1.807, 2.05) is 0 Å². The van der Waals surface area contributed by atoms with Crippen LogP contribution in [-0.2, 0) is 0 Å². The zero-order valence-electron chi connectivity index (χ0n) is 59.3. The lowest BCUT2D eigenvalue weighted by atomic mass is 9.90. The van der Waals surface area contributed by atoms with Gasteiger partial charge in [-0.2, -0.15) is 0 Å². The molecule has 0 radical (unpaired) electrons. The molecule has 508 valence electrons. The van der Waals surface area contributed by atoms with E-state index < -0.39 is 0 Å². The van der Waals surface area contributed by atoms with Gasteiger partial charge in [0.2, 0.25) is 0 Å². The molecule has 6 nitrogen and oxygen atoms in total. The Morgan fingerprint density at radius 3 is 0.889 bits per heavy atom. The van der Waals surface area contributed by atoms with Gasteiger partial charge in [0, 0.05) is 110 Å². The molecule has 108 heavy (non-hydrogen) atoms. The van der Waals surface area contributed by atoms with Crippen molar-refractivity contribution in [3.05, 3.63) is 393 Å². The molecule has 0 bridgehead atoms. The van der Waals surface area contributed by atoms with Crippen molar-refractivity contribution in [2.45, 2.75) is 25.7 Å². The minimum Gasteiger partial charge on any atom is -0.314 e. The first kappa shape index (κ1) is 61.5. The van der Waals surface area contributed by atoms with Crippen LogP contribution < -0.4 is 9.80 Å². The first-order valence-corrected chi connectivity index (χ1v) is 37.7. The highest BCUT2D eigenvalue weighted by molar-refractivity contribution is 6.26. The SMILES string of the molecule is C1=CCCC(C2=CC=C(N(c3ccc(-n4c5ccccc5c5ccccc54)cc3)c3cc4c5ccccc5n5c6ccccc6c(c3)c45)CC2)=C1.c1ccc(-c2ccc(-c3ccc(N(c4ccc(-n5c6ccccc6c6ccccc65)cc4)c4cc5c6ccccc6n6c7ccccc7c(c4)c56)cc3)cc2)cc1. The summed E-state index contributed by atoms with van der Waals surface area (Å²) in [6.45, 7) is 0. The maximum atomic E-state index is 2.51. The predicted molar refractivity (Wildman–Crippen MR) is 457 cm³/mol. The summed E-state index contributed by atoms with van der Waals surface area (Å²) in [7, 11) is 0. The molecule has 6 aromatic heterocycles. The second-order valence-corrected chi connectivity index (χ2v) is 29.0. The van der Waals surface area contributed by atoms with Crippen LogP contribution in [0.1, 0.15) is 25.7 Å². The summed E-state index contributed by atoms with van der Waals surface area (Å²) in [4.78, 5) is 4.93. The monoisotopic (exact) mass is 1380 g/mol. The number of nitrogens with zero attached hydrogens (tertiary/aromatic N) is 6. The molecule has 0 amide bonds. The molecule has 0 spiro atoms. The summed E-state index contributed by atoms with van der Waals surface area (Å²) in [5, 5.41) is 15.3. The van der Waals surface area contributed by atoms with Crippen LogP contribution in [0.5, 0.6) is 0 Å². The van der Waals surface area contributed by atoms with Gasteiger partial charge < -0.3 is 27.7 Å².